The Labute approximate surface area is 332 Å². The molecule has 0 radical (unpaired) electrons. The van der Waals surface area contributed by atoms with Gasteiger partial charge in [0.25, 0.3) is 10.1 Å². The number of hydrogen-bond acceptors (Lipinski definition) is 11. The molecule has 0 spiro atoms. The number of ether oxygens (including phenoxy) is 4. The molecule has 0 saturated carbocycles. The quantitative estimate of drug-likeness (QED) is 0.0209. The van der Waals surface area contributed by atoms with Gasteiger partial charge in [0, 0.05) is 12.8 Å². The second kappa shape index (κ2) is 33.1. The van der Waals surface area contributed by atoms with Crippen LogP contribution in [-0.4, -0.2) is 96.0 Å². The Hall–Kier alpha value is -1.87. The molecule has 1 fully saturated rings. The van der Waals surface area contributed by atoms with Gasteiger partial charge in [0.2, 0.25) is 0 Å². The van der Waals surface area contributed by atoms with Crippen LogP contribution >= 0.6 is 0 Å². The highest BCUT2D eigenvalue weighted by Crippen LogP contribution is 2.24. The van der Waals surface area contributed by atoms with Crippen molar-refractivity contribution in [3.63, 3.8) is 0 Å². The Balaban J connectivity index is 2.49. The van der Waals surface area contributed by atoms with Gasteiger partial charge in [-0.25, -0.2) is 0 Å². The molecule has 6 atom stereocenters. The van der Waals surface area contributed by atoms with Gasteiger partial charge in [-0.05, 0) is 44.9 Å². The lowest BCUT2D eigenvalue weighted by molar-refractivity contribution is -0.297. The Kier molecular flexibility index (Phi) is 30.8. The third kappa shape index (κ3) is 28.2. The first-order valence-electron chi connectivity index (χ1n) is 21.4. The standard InChI is InChI=1S/C42H76O12S/c1-3-5-7-9-11-13-15-16-17-18-19-21-23-25-27-29-31-38(44)53-35(32-51-37(43)30-28-26-24-22-20-14-12-10-8-6-4-2)33-52-42-41(47)40(46)39(45)36(54-42)34-55(48,49)50/h13,15,17-18,35-36,39-42,45-47H,3-12,14,16,19-34H2,1-2H3,(H,48,49,50)/b15-13-,18-17-. The lowest BCUT2D eigenvalue weighted by Crippen LogP contribution is -2.60. The summed E-state index contributed by atoms with van der Waals surface area (Å²) < 4.78 is 53.9. The molecule has 6 unspecified atom stereocenters. The van der Waals surface area contributed by atoms with E-state index in [0.29, 0.717) is 12.8 Å². The van der Waals surface area contributed by atoms with Gasteiger partial charge in [-0.2, -0.15) is 8.42 Å². The number of rotatable bonds is 35. The van der Waals surface area contributed by atoms with Crippen molar-refractivity contribution in [2.75, 3.05) is 19.0 Å². The smallest absolute Gasteiger partial charge is 0.306 e. The summed E-state index contributed by atoms with van der Waals surface area (Å²) in [6.07, 6.45) is 25.1. The number of hydrogen-bond donors (Lipinski definition) is 4. The number of aliphatic hydroxyl groups excluding tert-OH is 3. The van der Waals surface area contributed by atoms with Crippen LogP contribution in [0.2, 0.25) is 0 Å². The van der Waals surface area contributed by atoms with E-state index in [1.807, 2.05) is 0 Å². The first kappa shape index (κ1) is 51.1. The summed E-state index contributed by atoms with van der Waals surface area (Å²) in [5.74, 6) is -2.00. The van der Waals surface area contributed by atoms with Crippen molar-refractivity contribution in [1.82, 2.24) is 0 Å². The molecule has 1 aliphatic heterocycles. The van der Waals surface area contributed by atoms with E-state index in [4.69, 9.17) is 18.9 Å². The molecule has 13 heteroatoms. The van der Waals surface area contributed by atoms with E-state index in [-0.39, 0.29) is 19.4 Å². The van der Waals surface area contributed by atoms with Crippen LogP contribution in [0.3, 0.4) is 0 Å². The summed E-state index contributed by atoms with van der Waals surface area (Å²) in [6, 6.07) is 0. The topological polar surface area (TPSA) is 186 Å². The Bertz CT molecular complexity index is 1130. The van der Waals surface area contributed by atoms with Crippen molar-refractivity contribution in [1.29, 1.82) is 0 Å². The van der Waals surface area contributed by atoms with Gasteiger partial charge in [-0.1, -0.05) is 141 Å². The third-order valence-corrected chi connectivity index (χ3v) is 10.5. The summed E-state index contributed by atoms with van der Waals surface area (Å²) in [5, 5.41) is 30.8. The molecule has 4 N–H and O–H groups in total. The summed E-state index contributed by atoms with van der Waals surface area (Å²) in [4.78, 5) is 25.3. The molecule has 55 heavy (non-hydrogen) atoms. The van der Waals surface area contributed by atoms with Crippen LogP contribution in [0.4, 0.5) is 0 Å². The molecule has 0 bridgehead atoms. The molecule has 0 aliphatic carbocycles. The first-order valence-corrected chi connectivity index (χ1v) is 23.0. The maximum absolute atomic E-state index is 12.8. The number of carbonyl (C=O) groups excluding carboxylic acids is 2. The summed E-state index contributed by atoms with van der Waals surface area (Å²) >= 11 is 0. The molecule has 1 saturated heterocycles. The zero-order valence-corrected chi connectivity index (χ0v) is 34.9. The Morgan fingerprint density at radius 3 is 1.62 bits per heavy atom. The fraction of sp³-hybridized carbons (Fsp3) is 0.857. The van der Waals surface area contributed by atoms with E-state index in [1.165, 1.54) is 70.6 Å². The average Bonchev–Trinajstić information content (AvgIpc) is 3.14. The molecule has 12 nitrogen and oxygen atoms in total. The van der Waals surface area contributed by atoms with E-state index >= 15 is 0 Å². The highest BCUT2D eigenvalue weighted by atomic mass is 32.2. The fourth-order valence-corrected chi connectivity index (χ4v) is 7.10. The molecule has 0 aromatic heterocycles. The second-order valence-electron chi connectivity index (χ2n) is 15.0. The molecule has 1 rings (SSSR count). The monoisotopic (exact) mass is 805 g/mol. The van der Waals surface area contributed by atoms with Crippen LogP contribution in [0.1, 0.15) is 174 Å². The summed E-state index contributed by atoms with van der Waals surface area (Å²) in [6.45, 7) is 3.71. The minimum absolute atomic E-state index is 0.151. The number of aliphatic hydroxyl groups is 3. The van der Waals surface area contributed by atoms with Crippen LogP contribution in [0, 0.1) is 0 Å². The van der Waals surface area contributed by atoms with Gasteiger partial charge in [0.15, 0.2) is 12.4 Å². The maximum atomic E-state index is 12.8. The Morgan fingerprint density at radius 1 is 0.618 bits per heavy atom. The normalized spacial score (nSPS) is 21.0. The van der Waals surface area contributed by atoms with Crippen molar-refractivity contribution >= 4 is 22.1 Å². The van der Waals surface area contributed by atoms with Crippen molar-refractivity contribution < 1.29 is 56.8 Å². The summed E-state index contributed by atoms with van der Waals surface area (Å²) in [7, 11) is -4.60. The van der Waals surface area contributed by atoms with Crippen molar-refractivity contribution in [2.45, 2.75) is 211 Å². The van der Waals surface area contributed by atoms with Gasteiger partial charge in [0.05, 0.1) is 6.61 Å². The van der Waals surface area contributed by atoms with Crippen molar-refractivity contribution in [2.24, 2.45) is 0 Å². The van der Waals surface area contributed by atoms with Crippen molar-refractivity contribution in [3.8, 4) is 0 Å². The van der Waals surface area contributed by atoms with Gasteiger partial charge >= 0.3 is 11.9 Å². The number of unbranched alkanes of at least 4 members (excludes halogenated alkanes) is 19. The number of esters is 2. The molecule has 322 valence electrons. The first-order chi connectivity index (χ1) is 26.5. The van der Waals surface area contributed by atoms with Crippen LogP contribution in [0.5, 0.6) is 0 Å². The SMILES string of the molecule is CCCCCC/C=C\C/C=C\CCCCCCCC(=O)OC(COC(=O)CCCCCCCCCCCCC)COC1OC(CS(=O)(=O)O)C(O)C(O)C1O. The predicted molar refractivity (Wildman–Crippen MR) is 215 cm³/mol. The largest absolute Gasteiger partial charge is 0.462 e. The average molecular weight is 805 g/mol. The van der Waals surface area contributed by atoms with E-state index in [9.17, 15) is 37.9 Å². The van der Waals surface area contributed by atoms with Gasteiger partial charge in [-0.15, -0.1) is 0 Å². The molecule has 0 amide bonds. The fourth-order valence-electron chi connectivity index (χ4n) is 6.41. The van der Waals surface area contributed by atoms with E-state index in [0.717, 1.165) is 64.2 Å². The molecule has 1 heterocycles. The lowest BCUT2D eigenvalue weighted by atomic mass is 10.00. The summed E-state index contributed by atoms with van der Waals surface area (Å²) in [5.41, 5.74) is 0. The van der Waals surface area contributed by atoms with Gasteiger partial charge in [0.1, 0.15) is 36.8 Å². The highest BCUT2D eigenvalue weighted by molar-refractivity contribution is 7.85. The minimum atomic E-state index is -4.60. The molecular formula is C42H76O12S. The lowest BCUT2D eigenvalue weighted by Gasteiger charge is -2.40. The highest BCUT2D eigenvalue weighted by Gasteiger charge is 2.46. The van der Waals surface area contributed by atoms with Gasteiger partial charge in [-0.3, -0.25) is 14.1 Å². The van der Waals surface area contributed by atoms with Crippen LogP contribution < -0.4 is 0 Å². The van der Waals surface area contributed by atoms with Crippen molar-refractivity contribution in [3.05, 3.63) is 24.3 Å². The predicted octanol–water partition coefficient (Wildman–Crippen LogP) is 8.06. The van der Waals surface area contributed by atoms with E-state index in [1.54, 1.807) is 0 Å². The number of allylic oxidation sites excluding steroid dienone is 4. The van der Waals surface area contributed by atoms with Crippen LogP contribution in [0.15, 0.2) is 24.3 Å². The molecule has 1 aliphatic rings. The van der Waals surface area contributed by atoms with Crippen LogP contribution in [-0.2, 0) is 38.7 Å². The maximum Gasteiger partial charge on any atom is 0.306 e. The molecule has 0 aromatic rings. The van der Waals surface area contributed by atoms with Gasteiger partial charge < -0.3 is 34.3 Å². The van der Waals surface area contributed by atoms with E-state index < -0.39 is 71.2 Å². The molecule has 0 aromatic carbocycles. The van der Waals surface area contributed by atoms with Crippen LogP contribution in [0.25, 0.3) is 0 Å². The third-order valence-electron chi connectivity index (χ3n) is 9.78. The zero-order chi connectivity index (χ0) is 40.6. The Morgan fingerprint density at radius 2 is 1.09 bits per heavy atom. The second-order valence-corrected chi connectivity index (χ2v) is 16.5. The number of carbonyl (C=O) groups is 2. The molecular weight excluding hydrogens is 729 g/mol. The minimum Gasteiger partial charge on any atom is -0.462 e. The zero-order valence-electron chi connectivity index (χ0n) is 34.0. The van der Waals surface area contributed by atoms with E-state index in [2.05, 4.69) is 38.2 Å².